The van der Waals surface area contributed by atoms with Crippen molar-refractivity contribution in [2.75, 3.05) is 19.0 Å². The van der Waals surface area contributed by atoms with Gasteiger partial charge in [0.2, 0.25) is 11.9 Å². The second-order valence-electron chi connectivity index (χ2n) is 4.70. The lowest BCUT2D eigenvalue weighted by Gasteiger charge is -2.31. The van der Waals surface area contributed by atoms with Gasteiger partial charge in [-0.15, -0.1) is 0 Å². The van der Waals surface area contributed by atoms with Gasteiger partial charge in [-0.25, -0.2) is 4.99 Å². The topological polar surface area (TPSA) is 35.9 Å². The highest BCUT2D eigenvalue weighted by molar-refractivity contribution is 6.16. The first-order valence-electron chi connectivity index (χ1n) is 6.18. The fourth-order valence-electron chi connectivity index (χ4n) is 2.41. The van der Waals surface area contributed by atoms with Crippen LogP contribution in [0.4, 0.5) is 11.4 Å². The van der Waals surface area contributed by atoms with Crippen LogP contribution in [-0.2, 0) is 4.79 Å². The van der Waals surface area contributed by atoms with Gasteiger partial charge in [-0.05, 0) is 17.5 Å². The van der Waals surface area contributed by atoms with Crippen LogP contribution >= 0.6 is 0 Å². The largest absolute Gasteiger partial charge is 0.314 e. The third-order valence-corrected chi connectivity index (χ3v) is 3.51. The van der Waals surface area contributed by atoms with Crippen LogP contribution in [0.1, 0.15) is 6.92 Å². The van der Waals surface area contributed by atoms with Gasteiger partial charge in [0.05, 0.1) is 11.4 Å². The van der Waals surface area contributed by atoms with Gasteiger partial charge in [0.25, 0.3) is 0 Å². The highest BCUT2D eigenvalue weighted by atomic mass is 16.2. The Hall–Kier alpha value is -2.36. The lowest BCUT2D eigenvalue weighted by Crippen LogP contribution is -2.43. The first-order valence-corrected chi connectivity index (χ1v) is 6.18. The summed E-state index contributed by atoms with van der Waals surface area (Å²) in [6.45, 7) is 1.54. The van der Waals surface area contributed by atoms with Crippen molar-refractivity contribution in [3.05, 3.63) is 36.4 Å². The maximum atomic E-state index is 11.6. The summed E-state index contributed by atoms with van der Waals surface area (Å²) in [5.74, 6) is 0.621. The molecule has 1 aliphatic rings. The van der Waals surface area contributed by atoms with E-state index in [4.69, 9.17) is 0 Å². The van der Waals surface area contributed by atoms with Crippen molar-refractivity contribution in [2.45, 2.75) is 6.92 Å². The third kappa shape index (κ3) is 1.68. The summed E-state index contributed by atoms with van der Waals surface area (Å²) < 4.78 is 0. The van der Waals surface area contributed by atoms with E-state index in [9.17, 15) is 4.79 Å². The molecule has 2 aromatic rings. The lowest BCUT2D eigenvalue weighted by atomic mass is 10.1. The van der Waals surface area contributed by atoms with Crippen molar-refractivity contribution in [2.24, 2.45) is 4.99 Å². The summed E-state index contributed by atoms with van der Waals surface area (Å²) in [4.78, 5) is 19.7. The van der Waals surface area contributed by atoms with E-state index >= 15 is 0 Å². The van der Waals surface area contributed by atoms with E-state index in [2.05, 4.69) is 23.2 Å². The summed E-state index contributed by atoms with van der Waals surface area (Å²) in [5.41, 5.74) is 1.99. The molecule has 1 amide bonds. The molecular formula is C15H15N3O. The molecule has 0 atom stereocenters. The fourth-order valence-corrected chi connectivity index (χ4v) is 2.41. The highest BCUT2D eigenvalue weighted by Crippen LogP contribution is 2.38. The van der Waals surface area contributed by atoms with Crippen molar-refractivity contribution >= 4 is 34.0 Å². The van der Waals surface area contributed by atoms with Gasteiger partial charge in [0.1, 0.15) is 0 Å². The molecule has 96 valence electrons. The van der Waals surface area contributed by atoms with E-state index in [1.165, 1.54) is 6.92 Å². The van der Waals surface area contributed by atoms with E-state index < -0.39 is 0 Å². The Bertz CT molecular complexity index is 700. The normalized spacial score (nSPS) is 13.4. The number of carbonyl (C=O) groups excluding carboxylic acids is 1. The van der Waals surface area contributed by atoms with Gasteiger partial charge in [-0.1, -0.05) is 24.3 Å². The molecule has 0 N–H and O–H groups in total. The van der Waals surface area contributed by atoms with Gasteiger partial charge < -0.3 is 4.90 Å². The van der Waals surface area contributed by atoms with Crippen LogP contribution in [0, 0.1) is 0 Å². The number of nitrogens with zero attached hydrogens (tertiary/aromatic N) is 3. The van der Waals surface area contributed by atoms with Gasteiger partial charge in [0.15, 0.2) is 0 Å². The van der Waals surface area contributed by atoms with Gasteiger partial charge in [-0.3, -0.25) is 9.69 Å². The molecule has 0 saturated heterocycles. The standard InChI is InChI=1S/C15H15N3O/c1-10(19)17(2)15-16-12-8-4-6-11-7-5-9-13(14(11)12)18(15)3/h4-9H,1-3H3. The van der Waals surface area contributed by atoms with Crippen LogP contribution in [0.5, 0.6) is 0 Å². The van der Waals surface area contributed by atoms with Gasteiger partial charge >= 0.3 is 0 Å². The number of benzene rings is 2. The fraction of sp³-hybridized carbons (Fsp3) is 0.200. The van der Waals surface area contributed by atoms with Crippen LogP contribution in [0.3, 0.4) is 0 Å². The van der Waals surface area contributed by atoms with Crippen molar-refractivity contribution in [3.8, 4) is 0 Å². The van der Waals surface area contributed by atoms with Gasteiger partial charge in [-0.2, -0.15) is 0 Å². The highest BCUT2D eigenvalue weighted by Gasteiger charge is 2.23. The van der Waals surface area contributed by atoms with Crippen molar-refractivity contribution in [3.63, 3.8) is 0 Å². The molecule has 4 heteroatoms. The Morgan fingerprint density at radius 2 is 1.89 bits per heavy atom. The predicted octanol–water partition coefficient (Wildman–Crippen LogP) is 2.76. The summed E-state index contributed by atoms with van der Waals surface area (Å²) in [5, 5.41) is 2.29. The molecule has 4 nitrogen and oxygen atoms in total. The van der Waals surface area contributed by atoms with Gasteiger partial charge in [0, 0.05) is 26.4 Å². The van der Waals surface area contributed by atoms with E-state index in [0.29, 0.717) is 5.96 Å². The molecule has 0 bridgehead atoms. The summed E-state index contributed by atoms with van der Waals surface area (Å²) in [7, 11) is 3.68. The molecule has 0 radical (unpaired) electrons. The molecular weight excluding hydrogens is 238 g/mol. The molecule has 3 rings (SSSR count). The summed E-state index contributed by atoms with van der Waals surface area (Å²) in [6, 6.07) is 12.2. The number of guanidine groups is 1. The minimum Gasteiger partial charge on any atom is -0.314 e. The summed E-state index contributed by atoms with van der Waals surface area (Å²) >= 11 is 0. The Morgan fingerprint density at radius 1 is 1.21 bits per heavy atom. The quantitative estimate of drug-likeness (QED) is 0.723. The van der Waals surface area contributed by atoms with Crippen LogP contribution in [-0.4, -0.2) is 30.9 Å². The number of rotatable bonds is 0. The Labute approximate surface area is 112 Å². The predicted molar refractivity (Wildman–Crippen MR) is 77.9 cm³/mol. The maximum Gasteiger partial charge on any atom is 0.225 e. The number of hydrogen-bond donors (Lipinski definition) is 0. The smallest absolute Gasteiger partial charge is 0.225 e. The van der Waals surface area contributed by atoms with Crippen molar-refractivity contribution in [1.82, 2.24) is 4.90 Å². The number of aliphatic imine (C=N–C) groups is 1. The minimum atomic E-state index is -0.0304. The van der Waals surface area contributed by atoms with E-state index in [1.54, 1.807) is 11.9 Å². The number of amides is 1. The average Bonchev–Trinajstić information content (AvgIpc) is 2.42. The SMILES string of the molecule is CC(=O)N(C)C1=Nc2cccc3cccc(c23)N1C. The third-order valence-electron chi connectivity index (χ3n) is 3.51. The van der Waals surface area contributed by atoms with Crippen molar-refractivity contribution < 1.29 is 4.79 Å². The minimum absolute atomic E-state index is 0.0304. The van der Waals surface area contributed by atoms with E-state index in [1.807, 2.05) is 30.1 Å². The number of hydrogen-bond acceptors (Lipinski definition) is 3. The Balaban J connectivity index is 2.27. The zero-order chi connectivity index (χ0) is 13.6. The molecule has 19 heavy (non-hydrogen) atoms. The molecule has 0 spiro atoms. The van der Waals surface area contributed by atoms with Crippen LogP contribution in [0.15, 0.2) is 41.4 Å². The molecule has 0 fully saturated rings. The molecule has 0 unspecified atom stereocenters. The van der Waals surface area contributed by atoms with Crippen LogP contribution < -0.4 is 4.90 Å². The number of anilines is 1. The molecule has 1 aliphatic heterocycles. The second kappa shape index (κ2) is 4.09. The van der Waals surface area contributed by atoms with Crippen LogP contribution in [0.2, 0.25) is 0 Å². The molecule has 1 heterocycles. The Morgan fingerprint density at radius 3 is 2.58 bits per heavy atom. The van der Waals surface area contributed by atoms with Crippen LogP contribution in [0.25, 0.3) is 10.8 Å². The second-order valence-corrected chi connectivity index (χ2v) is 4.70. The Kier molecular flexibility index (Phi) is 2.52. The number of carbonyl (C=O) groups is 1. The molecule has 0 saturated carbocycles. The van der Waals surface area contributed by atoms with E-state index in [0.717, 1.165) is 22.1 Å². The molecule has 2 aromatic carbocycles. The molecule has 0 aliphatic carbocycles. The molecule has 0 aromatic heterocycles. The van der Waals surface area contributed by atoms with Crippen molar-refractivity contribution in [1.29, 1.82) is 0 Å². The maximum absolute atomic E-state index is 11.6. The zero-order valence-electron chi connectivity index (χ0n) is 11.2. The monoisotopic (exact) mass is 253 g/mol. The lowest BCUT2D eigenvalue weighted by molar-refractivity contribution is -0.124. The first kappa shape index (κ1) is 11.7. The summed E-state index contributed by atoms with van der Waals surface area (Å²) in [6.07, 6.45) is 0. The average molecular weight is 253 g/mol. The first-order chi connectivity index (χ1) is 9.09. The zero-order valence-corrected chi connectivity index (χ0v) is 11.2. The van der Waals surface area contributed by atoms with E-state index in [-0.39, 0.29) is 5.91 Å².